The van der Waals surface area contributed by atoms with Crippen molar-refractivity contribution in [3.05, 3.63) is 47.8 Å². The van der Waals surface area contributed by atoms with Gasteiger partial charge in [-0.2, -0.15) is 5.10 Å². The molecule has 2 aromatic rings. The van der Waals surface area contributed by atoms with E-state index < -0.39 is 5.60 Å². The molecule has 1 heterocycles. The zero-order valence-electron chi connectivity index (χ0n) is 10.9. The molecule has 0 radical (unpaired) electrons. The Labute approximate surface area is 107 Å². The number of hydrogen-bond donors (Lipinski definition) is 1. The lowest BCUT2D eigenvalue weighted by molar-refractivity contribution is 0.0649. The molecule has 0 saturated carbocycles. The van der Waals surface area contributed by atoms with Crippen molar-refractivity contribution in [2.45, 2.75) is 18.9 Å². The molecule has 4 nitrogen and oxygen atoms in total. The fourth-order valence-corrected chi connectivity index (χ4v) is 2.26. The molecule has 0 aliphatic carbocycles. The van der Waals surface area contributed by atoms with Crippen LogP contribution in [-0.4, -0.2) is 22.0 Å². The van der Waals surface area contributed by atoms with Crippen LogP contribution in [0.25, 0.3) is 0 Å². The standard InChI is InChI=1S/C14H18N2O2/c1-4-14(17,11-8-6-5-7-9-11)13-12(18-3)10-15-16(13)2/h5-10,17H,4H2,1-3H3. The van der Waals surface area contributed by atoms with Crippen LogP contribution in [0.5, 0.6) is 5.75 Å². The van der Waals surface area contributed by atoms with Crippen LogP contribution in [0, 0.1) is 0 Å². The predicted molar refractivity (Wildman–Crippen MR) is 69.5 cm³/mol. The molecule has 1 atom stereocenters. The Morgan fingerprint density at radius 2 is 2.00 bits per heavy atom. The van der Waals surface area contributed by atoms with E-state index in [1.54, 1.807) is 25.0 Å². The largest absolute Gasteiger partial charge is 0.493 e. The van der Waals surface area contributed by atoms with Crippen LogP contribution in [0.3, 0.4) is 0 Å². The number of aliphatic hydroxyl groups is 1. The SMILES string of the molecule is CCC(O)(c1ccccc1)c1c(OC)cnn1C. The summed E-state index contributed by atoms with van der Waals surface area (Å²) in [5.74, 6) is 0.603. The van der Waals surface area contributed by atoms with E-state index in [1.807, 2.05) is 37.3 Å². The smallest absolute Gasteiger partial charge is 0.163 e. The van der Waals surface area contributed by atoms with E-state index in [0.29, 0.717) is 17.9 Å². The third kappa shape index (κ3) is 1.88. The van der Waals surface area contributed by atoms with Gasteiger partial charge in [0.2, 0.25) is 0 Å². The molecule has 0 spiro atoms. The normalized spacial score (nSPS) is 14.2. The maximum absolute atomic E-state index is 11.0. The van der Waals surface area contributed by atoms with Crippen molar-refractivity contribution < 1.29 is 9.84 Å². The van der Waals surface area contributed by atoms with Gasteiger partial charge in [0, 0.05) is 7.05 Å². The molecular weight excluding hydrogens is 228 g/mol. The fourth-order valence-electron chi connectivity index (χ4n) is 2.26. The van der Waals surface area contributed by atoms with Gasteiger partial charge in [0.15, 0.2) is 5.75 Å². The van der Waals surface area contributed by atoms with Gasteiger partial charge >= 0.3 is 0 Å². The van der Waals surface area contributed by atoms with Crippen LogP contribution in [0.2, 0.25) is 0 Å². The lowest BCUT2D eigenvalue weighted by Crippen LogP contribution is -2.29. The zero-order valence-corrected chi connectivity index (χ0v) is 10.9. The molecular formula is C14H18N2O2. The van der Waals surface area contributed by atoms with E-state index in [4.69, 9.17) is 4.74 Å². The third-order valence-corrected chi connectivity index (χ3v) is 3.28. The summed E-state index contributed by atoms with van der Waals surface area (Å²) >= 11 is 0. The lowest BCUT2D eigenvalue weighted by Gasteiger charge is -2.28. The summed E-state index contributed by atoms with van der Waals surface area (Å²) in [4.78, 5) is 0. The first-order valence-electron chi connectivity index (χ1n) is 5.98. The first kappa shape index (κ1) is 12.6. The van der Waals surface area contributed by atoms with Gasteiger partial charge in [-0.1, -0.05) is 37.3 Å². The minimum atomic E-state index is -1.09. The van der Waals surface area contributed by atoms with Crippen LogP contribution >= 0.6 is 0 Å². The van der Waals surface area contributed by atoms with Gasteiger partial charge in [0.05, 0.1) is 13.3 Å². The van der Waals surface area contributed by atoms with Crippen molar-refractivity contribution in [3.8, 4) is 5.75 Å². The molecule has 96 valence electrons. The van der Waals surface area contributed by atoms with Crippen LogP contribution in [0.1, 0.15) is 24.6 Å². The van der Waals surface area contributed by atoms with E-state index in [0.717, 1.165) is 5.56 Å². The molecule has 4 heteroatoms. The summed E-state index contributed by atoms with van der Waals surface area (Å²) in [5.41, 5.74) is 0.436. The summed E-state index contributed by atoms with van der Waals surface area (Å²) < 4.78 is 6.95. The number of aromatic nitrogens is 2. The van der Waals surface area contributed by atoms with Crippen LogP contribution < -0.4 is 4.74 Å². The van der Waals surface area contributed by atoms with Gasteiger partial charge in [-0.3, -0.25) is 4.68 Å². The molecule has 0 aliphatic rings. The third-order valence-electron chi connectivity index (χ3n) is 3.28. The van der Waals surface area contributed by atoms with Gasteiger partial charge < -0.3 is 9.84 Å². The van der Waals surface area contributed by atoms with Crippen molar-refractivity contribution in [1.82, 2.24) is 9.78 Å². The Morgan fingerprint density at radius 3 is 2.56 bits per heavy atom. The van der Waals surface area contributed by atoms with Crippen molar-refractivity contribution in [3.63, 3.8) is 0 Å². The highest BCUT2D eigenvalue weighted by molar-refractivity contribution is 5.39. The summed E-state index contributed by atoms with van der Waals surface area (Å²) in [5, 5.41) is 15.2. The second-order valence-corrected chi connectivity index (χ2v) is 4.27. The highest BCUT2D eigenvalue weighted by atomic mass is 16.5. The highest BCUT2D eigenvalue weighted by Gasteiger charge is 2.35. The van der Waals surface area contributed by atoms with Crippen LogP contribution in [0.15, 0.2) is 36.5 Å². The summed E-state index contributed by atoms with van der Waals surface area (Å²) in [6.45, 7) is 1.94. The molecule has 0 fully saturated rings. The van der Waals surface area contributed by atoms with Crippen molar-refractivity contribution in [2.24, 2.45) is 7.05 Å². The number of nitrogens with zero attached hydrogens (tertiary/aromatic N) is 2. The average molecular weight is 246 g/mol. The van der Waals surface area contributed by atoms with Crippen LogP contribution in [-0.2, 0) is 12.6 Å². The first-order valence-corrected chi connectivity index (χ1v) is 5.98. The molecule has 0 bridgehead atoms. The minimum absolute atomic E-state index is 0.549. The van der Waals surface area contributed by atoms with Crippen LogP contribution in [0.4, 0.5) is 0 Å². The van der Waals surface area contributed by atoms with Crippen molar-refractivity contribution in [2.75, 3.05) is 7.11 Å². The van der Waals surface area contributed by atoms with Gasteiger partial charge in [0.1, 0.15) is 11.3 Å². The molecule has 1 N–H and O–H groups in total. The number of rotatable bonds is 4. The first-order chi connectivity index (χ1) is 8.63. The van der Waals surface area contributed by atoms with Gasteiger partial charge in [-0.25, -0.2) is 0 Å². The Morgan fingerprint density at radius 1 is 1.33 bits per heavy atom. The summed E-state index contributed by atoms with van der Waals surface area (Å²) in [6, 6.07) is 9.59. The van der Waals surface area contributed by atoms with E-state index in [-0.39, 0.29) is 0 Å². The van der Waals surface area contributed by atoms with E-state index in [9.17, 15) is 5.11 Å². The second kappa shape index (κ2) is 4.82. The minimum Gasteiger partial charge on any atom is -0.493 e. The molecule has 1 aromatic heterocycles. The van der Waals surface area contributed by atoms with Crippen molar-refractivity contribution >= 4 is 0 Å². The average Bonchev–Trinajstić information content (AvgIpc) is 2.80. The van der Waals surface area contributed by atoms with E-state index in [1.165, 1.54) is 0 Å². The van der Waals surface area contributed by atoms with Gasteiger partial charge in [-0.15, -0.1) is 0 Å². The van der Waals surface area contributed by atoms with E-state index >= 15 is 0 Å². The summed E-state index contributed by atoms with van der Waals surface area (Å²) in [7, 11) is 3.39. The molecule has 0 amide bonds. The summed E-state index contributed by atoms with van der Waals surface area (Å²) in [6.07, 6.45) is 2.17. The number of hydrogen-bond acceptors (Lipinski definition) is 3. The maximum atomic E-state index is 11.0. The Hall–Kier alpha value is -1.81. The zero-order chi connectivity index (χ0) is 13.2. The topological polar surface area (TPSA) is 47.3 Å². The molecule has 18 heavy (non-hydrogen) atoms. The Bertz CT molecular complexity index is 522. The van der Waals surface area contributed by atoms with Gasteiger partial charge in [-0.05, 0) is 12.0 Å². The van der Waals surface area contributed by atoms with Crippen molar-refractivity contribution in [1.29, 1.82) is 0 Å². The number of benzene rings is 1. The molecule has 1 aromatic carbocycles. The predicted octanol–water partition coefficient (Wildman–Crippen LogP) is 2.07. The Kier molecular flexibility index (Phi) is 3.39. The number of aryl methyl sites for hydroxylation is 1. The quantitative estimate of drug-likeness (QED) is 0.898. The molecule has 0 saturated heterocycles. The molecule has 1 unspecified atom stereocenters. The highest BCUT2D eigenvalue weighted by Crippen LogP contribution is 2.37. The number of methoxy groups -OCH3 is 1. The monoisotopic (exact) mass is 246 g/mol. The molecule has 2 rings (SSSR count). The lowest BCUT2D eigenvalue weighted by atomic mass is 9.87. The van der Waals surface area contributed by atoms with Gasteiger partial charge in [0.25, 0.3) is 0 Å². The number of ether oxygens (including phenoxy) is 1. The second-order valence-electron chi connectivity index (χ2n) is 4.27. The Balaban J connectivity index is 2.60. The maximum Gasteiger partial charge on any atom is 0.163 e. The van der Waals surface area contributed by atoms with E-state index in [2.05, 4.69) is 5.10 Å². The molecule has 0 aliphatic heterocycles. The fraction of sp³-hybridized carbons (Fsp3) is 0.357.